The van der Waals surface area contributed by atoms with Crippen LogP contribution in [-0.2, 0) is 6.54 Å². The molecule has 0 aliphatic rings. The molecular weight excluding hydrogens is 204 g/mol. The van der Waals surface area contributed by atoms with Crippen LogP contribution in [-0.4, -0.2) is 12.1 Å². The number of rotatable bonds is 2. The van der Waals surface area contributed by atoms with Crippen LogP contribution in [0.25, 0.3) is 0 Å². The Morgan fingerprint density at radius 2 is 2.27 bits per heavy atom. The maximum atomic E-state index is 5.49. The van der Waals surface area contributed by atoms with Crippen LogP contribution in [0.1, 0.15) is 5.56 Å². The molecule has 11 heavy (non-hydrogen) atoms. The third-order valence-electron chi connectivity index (χ3n) is 1.32. The highest BCUT2D eigenvalue weighted by Gasteiger charge is 1.94. The largest absolute Gasteiger partial charge is 0.269 e. The molecule has 2 nitrogen and oxygen atoms in total. The molecule has 0 unspecified atom stereocenters. The first-order chi connectivity index (χ1) is 5.18. The van der Waals surface area contributed by atoms with Crippen molar-refractivity contribution in [3.05, 3.63) is 34.3 Å². The van der Waals surface area contributed by atoms with Crippen molar-refractivity contribution in [3.8, 4) is 0 Å². The van der Waals surface area contributed by atoms with Crippen LogP contribution < -0.4 is 5.84 Å². The molecule has 1 aromatic rings. The van der Waals surface area contributed by atoms with E-state index >= 15 is 0 Å². The van der Waals surface area contributed by atoms with Gasteiger partial charge in [-0.25, -0.2) is 5.01 Å². The highest BCUT2D eigenvalue weighted by molar-refractivity contribution is 9.10. The van der Waals surface area contributed by atoms with Gasteiger partial charge in [0.1, 0.15) is 0 Å². The first-order valence-electron chi connectivity index (χ1n) is 3.39. The second-order valence-corrected chi connectivity index (χ2v) is 3.46. The van der Waals surface area contributed by atoms with Crippen molar-refractivity contribution in [2.75, 3.05) is 7.05 Å². The average Bonchev–Trinajstić information content (AvgIpc) is 1.85. The lowest BCUT2D eigenvalue weighted by molar-refractivity contribution is 0.341. The smallest absolute Gasteiger partial charge is 0.0376 e. The van der Waals surface area contributed by atoms with Gasteiger partial charge in [-0.15, -0.1) is 0 Å². The molecule has 0 aromatic heterocycles. The fourth-order valence-electron chi connectivity index (χ4n) is 0.923. The highest BCUT2D eigenvalue weighted by atomic mass is 79.9. The molecule has 2 N–H and O–H groups in total. The molecule has 0 bridgehead atoms. The van der Waals surface area contributed by atoms with Crippen molar-refractivity contribution in [1.29, 1.82) is 0 Å². The van der Waals surface area contributed by atoms with Crippen LogP contribution in [0.2, 0.25) is 0 Å². The Morgan fingerprint density at radius 1 is 1.55 bits per heavy atom. The number of benzene rings is 1. The van der Waals surface area contributed by atoms with Gasteiger partial charge in [-0.2, -0.15) is 0 Å². The van der Waals surface area contributed by atoms with E-state index in [4.69, 9.17) is 5.84 Å². The maximum Gasteiger partial charge on any atom is 0.0376 e. The summed E-state index contributed by atoms with van der Waals surface area (Å²) in [7, 11) is 1.85. The summed E-state index contributed by atoms with van der Waals surface area (Å²) in [6, 6.07) is 8.11. The molecular formula is C8H11BrN2. The number of nitrogens with two attached hydrogens (primary N) is 1. The summed E-state index contributed by atoms with van der Waals surface area (Å²) in [6.45, 7) is 0.777. The molecule has 0 spiro atoms. The fraction of sp³-hybridized carbons (Fsp3) is 0.250. The summed E-state index contributed by atoms with van der Waals surface area (Å²) < 4.78 is 1.09. The number of nitrogens with zero attached hydrogens (tertiary/aromatic N) is 1. The monoisotopic (exact) mass is 214 g/mol. The summed E-state index contributed by atoms with van der Waals surface area (Å²) >= 11 is 3.39. The van der Waals surface area contributed by atoms with Gasteiger partial charge in [0, 0.05) is 18.1 Å². The van der Waals surface area contributed by atoms with E-state index in [0.29, 0.717) is 0 Å². The molecule has 0 aliphatic heterocycles. The van der Waals surface area contributed by atoms with Gasteiger partial charge >= 0.3 is 0 Å². The first-order valence-corrected chi connectivity index (χ1v) is 4.18. The van der Waals surface area contributed by atoms with Gasteiger partial charge in [-0.3, -0.25) is 5.84 Å². The van der Waals surface area contributed by atoms with Crippen molar-refractivity contribution in [1.82, 2.24) is 5.01 Å². The van der Waals surface area contributed by atoms with Gasteiger partial charge < -0.3 is 0 Å². The minimum absolute atomic E-state index is 0.777. The molecule has 60 valence electrons. The number of hydrogen-bond acceptors (Lipinski definition) is 2. The molecule has 0 aliphatic carbocycles. The molecule has 0 radical (unpaired) electrons. The summed E-state index contributed by atoms with van der Waals surface area (Å²) in [6.07, 6.45) is 0. The fourth-order valence-corrected chi connectivity index (χ4v) is 1.37. The van der Waals surface area contributed by atoms with E-state index in [-0.39, 0.29) is 0 Å². The van der Waals surface area contributed by atoms with Gasteiger partial charge in [0.2, 0.25) is 0 Å². The van der Waals surface area contributed by atoms with E-state index in [0.717, 1.165) is 11.0 Å². The topological polar surface area (TPSA) is 29.3 Å². The summed E-state index contributed by atoms with van der Waals surface area (Å²) in [5.41, 5.74) is 1.21. The molecule has 3 heteroatoms. The van der Waals surface area contributed by atoms with E-state index in [2.05, 4.69) is 22.0 Å². The molecule has 1 aromatic carbocycles. The van der Waals surface area contributed by atoms with E-state index in [1.807, 2.05) is 25.2 Å². The van der Waals surface area contributed by atoms with Crippen molar-refractivity contribution in [2.24, 2.45) is 5.84 Å². The van der Waals surface area contributed by atoms with Crippen molar-refractivity contribution < 1.29 is 0 Å². The van der Waals surface area contributed by atoms with E-state index in [1.165, 1.54) is 5.56 Å². The first kappa shape index (κ1) is 8.71. The zero-order valence-electron chi connectivity index (χ0n) is 6.42. The Balaban J connectivity index is 2.71. The third-order valence-corrected chi connectivity index (χ3v) is 1.81. The number of halogens is 1. The number of hydrogen-bond donors (Lipinski definition) is 1. The van der Waals surface area contributed by atoms with Crippen LogP contribution in [0, 0.1) is 0 Å². The molecule has 0 saturated carbocycles. The molecule has 0 heterocycles. The van der Waals surface area contributed by atoms with Crippen LogP contribution in [0.5, 0.6) is 0 Å². The third kappa shape index (κ3) is 3.01. The second kappa shape index (κ2) is 3.85. The van der Waals surface area contributed by atoms with E-state index in [1.54, 1.807) is 5.01 Å². The maximum absolute atomic E-state index is 5.49. The Morgan fingerprint density at radius 3 is 2.82 bits per heavy atom. The van der Waals surface area contributed by atoms with Gasteiger partial charge in [0.15, 0.2) is 0 Å². The standard InChI is InChI=1S/C8H11BrN2/c1-11(10)6-7-3-2-4-8(9)5-7/h2-5H,6,10H2,1H3. The molecule has 0 fully saturated rings. The van der Waals surface area contributed by atoms with E-state index < -0.39 is 0 Å². The Hall–Kier alpha value is -0.380. The molecule has 0 amide bonds. The predicted molar refractivity (Wildman–Crippen MR) is 49.8 cm³/mol. The van der Waals surface area contributed by atoms with E-state index in [9.17, 15) is 0 Å². The van der Waals surface area contributed by atoms with Gasteiger partial charge in [0.25, 0.3) is 0 Å². The lowest BCUT2D eigenvalue weighted by atomic mass is 10.2. The van der Waals surface area contributed by atoms with Crippen LogP contribution in [0.15, 0.2) is 28.7 Å². The van der Waals surface area contributed by atoms with Crippen molar-refractivity contribution in [2.45, 2.75) is 6.54 Å². The predicted octanol–water partition coefficient (Wildman–Crippen LogP) is 1.75. The minimum atomic E-state index is 0.777. The van der Waals surface area contributed by atoms with Gasteiger partial charge in [0.05, 0.1) is 0 Å². The Bertz CT molecular complexity index is 235. The van der Waals surface area contributed by atoms with Crippen molar-refractivity contribution >= 4 is 15.9 Å². The SMILES string of the molecule is CN(N)Cc1cccc(Br)c1. The zero-order valence-corrected chi connectivity index (χ0v) is 8.01. The van der Waals surface area contributed by atoms with Crippen molar-refractivity contribution in [3.63, 3.8) is 0 Å². The summed E-state index contributed by atoms with van der Waals surface area (Å²) in [5.74, 6) is 5.49. The summed E-state index contributed by atoms with van der Waals surface area (Å²) in [5, 5.41) is 1.65. The van der Waals surface area contributed by atoms with Gasteiger partial charge in [-0.1, -0.05) is 28.1 Å². The quantitative estimate of drug-likeness (QED) is 0.601. The lowest BCUT2D eigenvalue weighted by Crippen LogP contribution is -2.24. The van der Waals surface area contributed by atoms with Crippen LogP contribution >= 0.6 is 15.9 Å². The van der Waals surface area contributed by atoms with Gasteiger partial charge in [-0.05, 0) is 17.7 Å². The molecule has 0 saturated heterocycles. The normalized spacial score (nSPS) is 10.5. The molecule has 1 rings (SSSR count). The van der Waals surface area contributed by atoms with Crippen LogP contribution in [0.4, 0.5) is 0 Å². The number of hydrazine groups is 1. The Kier molecular flexibility index (Phi) is 3.05. The second-order valence-electron chi connectivity index (χ2n) is 2.55. The van der Waals surface area contributed by atoms with Crippen LogP contribution in [0.3, 0.4) is 0 Å². The average molecular weight is 215 g/mol. The zero-order chi connectivity index (χ0) is 8.27. The lowest BCUT2D eigenvalue weighted by Gasteiger charge is -2.08. The summed E-state index contributed by atoms with van der Waals surface area (Å²) in [4.78, 5) is 0. The minimum Gasteiger partial charge on any atom is -0.269 e. The Labute approximate surface area is 75.1 Å². The highest BCUT2D eigenvalue weighted by Crippen LogP contribution is 2.11. The molecule has 0 atom stereocenters.